The standard InChI is InChI=1S/C20H18Cl2N2O3/c1-3-18(26)23-13-6-4-11(5-7-13)20(27)24(2)19-15-8-12(21)9-16(22)14(15)10-17(19)25/h3-9,17,19,25H,1,10H2,2H3,(H,23,26). The van der Waals surface area contributed by atoms with Gasteiger partial charge in [0, 0.05) is 34.8 Å². The van der Waals surface area contributed by atoms with Crippen molar-refractivity contribution in [3.05, 3.63) is 75.8 Å². The lowest BCUT2D eigenvalue weighted by Crippen LogP contribution is -2.36. The molecule has 0 saturated heterocycles. The highest BCUT2D eigenvalue weighted by atomic mass is 35.5. The SMILES string of the molecule is C=CC(=O)Nc1ccc(C(=O)N(C)C2c3cc(Cl)cc(Cl)c3CC2O)cc1. The summed E-state index contributed by atoms with van der Waals surface area (Å²) in [6, 6.07) is 9.33. The number of rotatable bonds is 4. The molecule has 1 aliphatic rings. The van der Waals surface area contributed by atoms with Crippen molar-refractivity contribution < 1.29 is 14.7 Å². The van der Waals surface area contributed by atoms with E-state index in [-0.39, 0.29) is 11.8 Å². The molecule has 140 valence electrons. The van der Waals surface area contributed by atoms with Crippen LogP contribution in [0.3, 0.4) is 0 Å². The summed E-state index contributed by atoms with van der Waals surface area (Å²) in [6.07, 6.45) is 0.762. The lowest BCUT2D eigenvalue weighted by atomic mass is 10.0. The van der Waals surface area contributed by atoms with E-state index in [1.54, 1.807) is 43.4 Å². The number of aliphatic hydroxyl groups is 1. The molecule has 0 aliphatic heterocycles. The zero-order valence-corrected chi connectivity index (χ0v) is 16.1. The van der Waals surface area contributed by atoms with Crippen molar-refractivity contribution in [2.45, 2.75) is 18.6 Å². The summed E-state index contributed by atoms with van der Waals surface area (Å²) in [5, 5.41) is 14.1. The minimum atomic E-state index is -0.768. The fraction of sp³-hybridized carbons (Fsp3) is 0.200. The van der Waals surface area contributed by atoms with E-state index in [0.717, 1.165) is 11.1 Å². The number of halogens is 2. The number of nitrogens with one attached hydrogen (secondary N) is 1. The van der Waals surface area contributed by atoms with E-state index in [1.165, 1.54) is 11.0 Å². The van der Waals surface area contributed by atoms with Crippen LogP contribution < -0.4 is 5.32 Å². The highest BCUT2D eigenvalue weighted by molar-refractivity contribution is 6.35. The molecule has 0 spiro atoms. The molecule has 2 amide bonds. The highest BCUT2D eigenvalue weighted by Gasteiger charge is 2.37. The smallest absolute Gasteiger partial charge is 0.254 e. The Morgan fingerprint density at radius 3 is 2.56 bits per heavy atom. The number of hydrogen-bond acceptors (Lipinski definition) is 3. The minimum Gasteiger partial charge on any atom is -0.390 e. The number of amides is 2. The van der Waals surface area contributed by atoms with E-state index in [9.17, 15) is 14.7 Å². The number of carbonyl (C=O) groups excluding carboxylic acids is 2. The van der Waals surface area contributed by atoms with Crippen molar-refractivity contribution >= 4 is 40.7 Å². The van der Waals surface area contributed by atoms with Crippen molar-refractivity contribution in [3.8, 4) is 0 Å². The summed E-state index contributed by atoms with van der Waals surface area (Å²) in [7, 11) is 1.63. The van der Waals surface area contributed by atoms with Gasteiger partial charge in [0.2, 0.25) is 5.91 Å². The van der Waals surface area contributed by atoms with Gasteiger partial charge < -0.3 is 15.3 Å². The normalized spacial score (nSPS) is 17.9. The largest absolute Gasteiger partial charge is 0.390 e. The average molecular weight is 405 g/mol. The number of nitrogens with zero attached hydrogens (tertiary/aromatic N) is 1. The van der Waals surface area contributed by atoms with Crippen LogP contribution in [0.5, 0.6) is 0 Å². The zero-order chi connectivity index (χ0) is 19.7. The summed E-state index contributed by atoms with van der Waals surface area (Å²) >= 11 is 12.3. The Balaban J connectivity index is 1.84. The quantitative estimate of drug-likeness (QED) is 0.760. The van der Waals surface area contributed by atoms with Crippen molar-refractivity contribution in [2.24, 2.45) is 0 Å². The molecule has 5 nitrogen and oxygen atoms in total. The lowest BCUT2D eigenvalue weighted by molar-refractivity contribution is -0.111. The molecule has 0 bridgehead atoms. The number of anilines is 1. The maximum Gasteiger partial charge on any atom is 0.254 e. The van der Waals surface area contributed by atoms with E-state index in [4.69, 9.17) is 23.2 Å². The molecule has 2 aromatic rings. The van der Waals surface area contributed by atoms with Gasteiger partial charge >= 0.3 is 0 Å². The number of hydrogen-bond donors (Lipinski definition) is 2. The second-order valence-electron chi connectivity index (χ2n) is 6.36. The van der Waals surface area contributed by atoms with Crippen LogP contribution in [0.25, 0.3) is 0 Å². The van der Waals surface area contributed by atoms with Crippen LogP contribution in [0.4, 0.5) is 5.69 Å². The summed E-state index contributed by atoms with van der Waals surface area (Å²) in [6.45, 7) is 3.39. The average Bonchev–Trinajstić information content (AvgIpc) is 2.97. The molecule has 2 aromatic carbocycles. The highest BCUT2D eigenvalue weighted by Crippen LogP contribution is 2.41. The first-order chi connectivity index (χ1) is 12.8. The first-order valence-corrected chi connectivity index (χ1v) is 9.04. The summed E-state index contributed by atoms with van der Waals surface area (Å²) in [5.41, 5.74) is 2.55. The number of benzene rings is 2. The molecule has 2 N–H and O–H groups in total. The summed E-state index contributed by atoms with van der Waals surface area (Å²) in [5.74, 6) is -0.588. The van der Waals surface area contributed by atoms with Crippen molar-refractivity contribution in [1.29, 1.82) is 0 Å². The minimum absolute atomic E-state index is 0.260. The second kappa shape index (κ2) is 7.72. The number of aliphatic hydroxyl groups excluding tert-OH is 1. The van der Waals surface area contributed by atoms with Crippen molar-refractivity contribution in [3.63, 3.8) is 0 Å². The number of carbonyl (C=O) groups is 2. The number of fused-ring (bicyclic) bond motifs is 1. The van der Waals surface area contributed by atoms with Gasteiger partial charge in [-0.1, -0.05) is 29.8 Å². The molecule has 0 radical (unpaired) electrons. The van der Waals surface area contributed by atoms with E-state index in [2.05, 4.69) is 11.9 Å². The van der Waals surface area contributed by atoms with Crippen LogP contribution in [0.1, 0.15) is 27.5 Å². The van der Waals surface area contributed by atoms with E-state index in [0.29, 0.717) is 27.7 Å². The Labute approximate surface area is 167 Å². The van der Waals surface area contributed by atoms with E-state index < -0.39 is 12.1 Å². The molecule has 2 atom stereocenters. The molecule has 7 heteroatoms. The third-order valence-corrected chi connectivity index (χ3v) is 5.17. The Morgan fingerprint density at radius 2 is 1.93 bits per heavy atom. The van der Waals surface area contributed by atoms with Gasteiger partial charge in [-0.3, -0.25) is 9.59 Å². The molecule has 1 aliphatic carbocycles. The molecule has 0 heterocycles. The first-order valence-electron chi connectivity index (χ1n) is 8.28. The van der Waals surface area contributed by atoms with Gasteiger partial charge in [-0.25, -0.2) is 0 Å². The maximum atomic E-state index is 12.9. The predicted molar refractivity (Wildman–Crippen MR) is 106 cm³/mol. The van der Waals surface area contributed by atoms with Crippen molar-refractivity contribution in [2.75, 3.05) is 12.4 Å². The van der Waals surface area contributed by atoms with Crippen molar-refractivity contribution in [1.82, 2.24) is 4.90 Å². The molecule has 0 saturated carbocycles. The summed E-state index contributed by atoms with van der Waals surface area (Å²) < 4.78 is 0. The Bertz CT molecular complexity index is 912. The Hall–Kier alpha value is -2.34. The summed E-state index contributed by atoms with van der Waals surface area (Å²) in [4.78, 5) is 25.7. The second-order valence-corrected chi connectivity index (χ2v) is 7.20. The first kappa shape index (κ1) is 19.4. The molecule has 27 heavy (non-hydrogen) atoms. The van der Waals surface area contributed by atoms with Gasteiger partial charge in [-0.15, -0.1) is 0 Å². The van der Waals surface area contributed by atoms with Crippen LogP contribution in [-0.2, 0) is 11.2 Å². The van der Waals surface area contributed by atoms with Crippen LogP contribution in [0.2, 0.25) is 10.0 Å². The van der Waals surface area contributed by atoms with Gasteiger partial charge in [0.25, 0.3) is 5.91 Å². The van der Waals surface area contributed by atoms with Crippen LogP contribution in [0.15, 0.2) is 49.1 Å². The van der Waals surface area contributed by atoms with Gasteiger partial charge in [-0.2, -0.15) is 0 Å². The maximum absolute atomic E-state index is 12.9. The van der Waals surface area contributed by atoms with Gasteiger partial charge in [-0.05, 0) is 53.6 Å². The predicted octanol–water partition coefficient (Wildman–Crippen LogP) is 3.85. The van der Waals surface area contributed by atoms with Gasteiger partial charge in [0.05, 0.1) is 12.1 Å². The molecular weight excluding hydrogens is 387 g/mol. The fourth-order valence-corrected chi connectivity index (χ4v) is 3.90. The third kappa shape index (κ3) is 3.86. The van der Waals surface area contributed by atoms with Gasteiger partial charge in [0.1, 0.15) is 0 Å². The van der Waals surface area contributed by atoms with Gasteiger partial charge in [0.15, 0.2) is 0 Å². The lowest BCUT2D eigenvalue weighted by Gasteiger charge is -2.28. The van der Waals surface area contributed by atoms with E-state index in [1.807, 2.05) is 0 Å². The molecule has 2 unspecified atom stereocenters. The third-order valence-electron chi connectivity index (χ3n) is 4.61. The Morgan fingerprint density at radius 1 is 1.26 bits per heavy atom. The monoisotopic (exact) mass is 404 g/mol. The number of likely N-dealkylation sites (N-methyl/N-ethyl adjacent to an activating group) is 1. The topological polar surface area (TPSA) is 69.6 Å². The molecule has 0 fully saturated rings. The van der Waals surface area contributed by atoms with E-state index >= 15 is 0 Å². The molecule has 3 rings (SSSR count). The zero-order valence-electron chi connectivity index (χ0n) is 14.6. The molecule has 0 aromatic heterocycles. The molecular formula is C20H18Cl2N2O3. The van der Waals surface area contributed by atoms with Crippen LogP contribution in [0, 0.1) is 0 Å². The fourth-order valence-electron chi connectivity index (χ4n) is 3.32. The van der Waals surface area contributed by atoms with Crippen LogP contribution in [-0.4, -0.2) is 35.0 Å². The van der Waals surface area contributed by atoms with Crippen LogP contribution >= 0.6 is 23.2 Å². The Kier molecular flexibility index (Phi) is 5.56.